The number of amides is 2. The van der Waals surface area contributed by atoms with Crippen molar-refractivity contribution in [2.75, 3.05) is 24.0 Å². The molecule has 0 spiro atoms. The van der Waals surface area contributed by atoms with Crippen molar-refractivity contribution in [1.29, 1.82) is 0 Å². The maximum absolute atomic E-state index is 13.0. The number of hydrazone groups is 1. The van der Waals surface area contributed by atoms with E-state index < -0.39 is 5.97 Å². The molecule has 2 N–H and O–H groups in total. The van der Waals surface area contributed by atoms with Crippen LogP contribution in [0.2, 0.25) is 0 Å². The van der Waals surface area contributed by atoms with Gasteiger partial charge < -0.3 is 19.9 Å². The second-order valence-electron chi connectivity index (χ2n) is 8.33. The van der Waals surface area contributed by atoms with Gasteiger partial charge in [-0.3, -0.25) is 9.59 Å². The number of nitrogens with one attached hydrogen (secondary N) is 1. The molecular formula is C28H25N3O6. The summed E-state index contributed by atoms with van der Waals surface area (Å²) in [7, 11) is 1.49. The standard InChI is InChI=1S/C28H25N3O6/c1-17-5-4-6-21(13-17)29-26(32)16-37-24-12-7-19(15-25(24)36-3)14-23-18(2)30-31(27(23)33)22-10-8-20(9-11-22)28(34)35/h4-15H,16H2,1-3H3,(H,29,32)(H,34,35)/b23-14-. The Labute approximate surface area is 213 Å². The molecule has 37 heavy (non-hydrogen) atoms. The largest absolute Gasteiger partial charge is 0.493 e. The number of carboxylic acids is 1. The van der Waals surface area contributed by atoms with Gasteiger partial charge in [-0.1, -0.05) is 18.2 Å². The fourth-order valence-electron chi connectivity index (χ4n) is 3.73. The highest BCUT2D eigenvalue weighted by Crippen LogP contribution is 2.31. The lowest BCUT2D eigenvalue weighted by atomic mass is 10.1. The molecule has 0 fully saturated rings. The zero-order valence-electron chi connectivity index (χ0n) is 20.5. The maximum atomic E-state index is 13.0. The second-order valence-corrected chi connectivity index (χ2v) is 8.33. The number of aromatic carboxylic acids is 1. The highest BCUT2D eigenvalue weighted by Gasteiger charge is 2.29. The molecule has 9 nitrogen and oxygen atoms in total. The van der Waals surface area contributed by atoms with Crippen LogP contribution >= 0.6 is 0 Å². The molecule has 0 aromatic heterocycles. The van der Waals surface area contributed by atoms with Crippen LogP contribution in [0.4, 0.5) is 11.4 Å². The number of anilines is 2. The Morgan fingerprint density at radius 2 is 1.78 bits per heavy atom. The predicted octanol–water partition coefficient (Wildman–Crippen LogP) is 4.53. The molecule has 188 valence electrons. The molecule has 0 bridgehead atoms. The Morgan fingerprint density at radius 3 is 2.46 bits per heavy atom. The monoisotopic (exact) mass is 499 g/mol. The molecule has 0 unspecified atom stereocenters. The maximum Gasteiger partial charge on any atom is 0.335 e. The van der Waals surface area contributed by atoms with Crippen LogP contribution in [0.5, 0.6) is 11.5 Å². The summed E-state index contributed by atoms with van der Waals surface area (Å²) >= 11 is 0. The van der Waals surface area contributed by atoms with E-state index in [0.29, 0.717) is 39.7 Å². The van der Waals surface area contributed by atoms with Crippen LogP contribution in [-0.2, 0) is 9.59 Å². The van der Waals surface area contributed by atoms with E-state index in [9.17, 15) is 14.4 Å². The quantitative estimate of drug-likeness (QED) is 0.440. The molecule has 4 rings (SSSR count). The number of benzene rings is 3. The van der Waals surface area contributed by atoms with Gasteiger partial charge in [-0.05, 0) is 79.6 Å². The minimum absolute atomic E-state index is 0.119. The first kappa shape index (κ1) is 25.2. The van der Waals surface area contributed by atoms with Crippen LogP contribution in [0.15, 0.2) is 77.4 Å². The van der Waals surface area contributed by atoms with Crippen molar-refractivity contribution in [2.45, 2.75) is 13.8 Å². The van der Waals surface area contributed by atoms with Gasteiger partial charge in [-0.15, -0.1) is 0 Å². The first-order chi connectivity index (χ1) is 17.7. The van der Waals surface area contributed by atoms with Crippen molar-refractivity contribution < 1.29 is 29.0 Å². The van der Waals surface area contributed by atoms with E-state index in [-0.39, 0.29) is 24.0 Å². The van der Waals surface area contributed by atoms with Gasteiger partial charge in [0, 0.05) is 5.69 Å². The van der Waals surface area contributed by atoms with Gasteiger partial charge in [0.15, 0.2) is 18.1 Å². The van der Waals surface area contributed by atoms with Gasteiger partial charge >= 0.3 is 5.97 Å². The molecule has 1 heterocycles. The average Bonchev–Trinajstić information content (AvgIpc) is 3.16. The number of rotatable bonds is 8. The summed E-state index contributed by atoms with van der Waals surface area (Å²) in [5, 5.41) is 17.4. The summed E-state index contributed by atoms with van der Waals surface area (Å²) in [6.07, 6.45) is 1.68. The van der Waals surface area contributed by atoms with Gasteiger partial charge in [0.2, 0.25) is 0 Å². The van der Waals surface area contributed by atoms with Gasteiger partial charge in [0.25, 0.3) is 11.8 Å². The van der Waals surface area contributed by atoms with Crippen LogP contribution in [0.1, 0.15) is 28.4 Å². The fourth-order valence-corrected chi connectivity index (χ4v) is 3.73. The Hall–Kier alpha value is -4.92. The summed E-state index contributed by atoms with van der Waals surface area (Å²) < 4.78 is 11.1. The van der Waals surface area contributed by atoms with Crippen LogP contribution in [0.3, 0.4) is 0 Å². The van der Waals surface area contributed by atoms with E-state index in [2.05, 4.69) is 10.4 Å². The molecular weight excluding hydrogens is 474 g/mol. The molecule has 3 aromatic carbocycles. The van der Waals surface area contributed by atoms with Crippen molar-refractivity contribution >= 4 is 40.9 Å². The number of carboxylic acid groups (broad SMARTS) is 1. The molecule has 0 aliphatic carbocycles. The van der Waals surface area contributed by atoms with Gasteiger partial charge in [0.05, 0.1) is 29.6 Å². The third-order valence-corrected chi connectivity index (χ3v) is 5.58. The van der Waals surface area contributed by atoms with Crippen molar-refractivity contribution in [3.63, 3.8) is 0 Å². The summed E-state index contributed by atoms with van der Waals surface area (Å²) in [6, 6.07) is 18.5. The Balaban J connectivity index is 1.46. The highest BCUT2D eigenvalue weighted by atomic mass is 16.5. The van der Waals surface area contributed by atoms with Crippen molar-refractivity contribution in [2.24, 2.45) is 5.10 Å². The Kier molecular flexibility index (Phi) is 7.34. The molecule has 0 saturated carbocycles. The van der Waals surface area contributed by atoms with Crippen LogP contribution in [0.25, 0.3) is 6.08 Å². The van der Waals surface area contributed by atoms with E-state index in [1.165, 1.54) is 36.4 Å². The number of methoxy groups -OCH3 is 1. The molecule has 2 amide bonds. The topological polar surface area (TPSA) is 118 Å². The molecule has 3 aromatic rings. The SMILES string of the molecule is COc1cc(/C=C2\C(=O)N(c3ccc(C(=O)O)cc3)N=C2C)ccc1OCC(=O)Nc1cccc(C)c1. The molecule has 9 heteroatoms. The van der Waals surface area contributed by atoms with Crippen LogP contribution < -0.4 is 19.8 Å². The van der Waals surface area contributed by atoms with E-state index in [4.69, 9.17) is 14.6 Å². The number of ether oxygens (including phenoxy) is 2. The summed E-state index contributed by atoms with van der Waals surface area (Å²) in [6.45, 7) is 3.46. The number of nitrogens with zero attached hydrogens (tertiary/aromatic N) is 2. The molecule has 1 aliphatic heterocycles. The first-order valence-corrected chi connectivity index (χ1v) is 11.4. The van der Waals surface area contributed by atoms with Crippen LogP contribution in [0, 0.1) is 6.92 Å². The minimum atomic E-state index is -1.05. The number of hydrogen-bond donors (Lipinski definition) is 2. The summed E-state index contributed by atoms with van der Waals surface area (Å²) in [4.78, 5) is 36.4. The van der Waals surface area contributed by atoms with Gasteiger partial charge in [0.1, 0.15) is 0 Å². The lowest BCUT2D eigenvalue weighted by Crippen LogP contribution is -2.21. The summed E-state index contributed by atoms with van der Waals surface area (Å²) in [5.74, 6) is -0.912. The Morgan fingerprint density at radius 1 is 1.03 bits per heavy atom. The normalized spacial score (nSPS) is 13.9. The minimum Gasteiger partial charge on any atom is -0.493 e. The molecule has 0 atom stereocenters. The smallest absolute Gasteiger partial charge is 0.335 e. The van der Waals surface area contributed by atoms with Crippen LogP contribution in [-0.4, -0.2) is 42.3 Å². The van der Waals surface area contributed by atoms with Crippen molar-refractivity contribution in [3.05, 3.63) is 89.0 Å². The third-order valence-electron chi connectivity index (χ3n) is 5.58. The number of hydrogen-bond acceptors (Lipinski definition) is 6. The first-order valence-electron chi connectivity index (χ1n) is 11.4. The Bertz CT molecular complexity index is 1430. The fraction of sp³-hybridized carbons (Fsp3) is 0.143. The number of aryl methyl sites for hydroxylation is 1. The van der Waals surface area contributed by atoms with E-state index >= 15 is 0 Å². The van der Waals surface area contributed by atoms with Gasteiger partial charge in [-0.2, -0.15) is 10.1 Å². The zero-order chi connectivity index (χ0) is 26.5. The number of carbonyl (C=O) groups excluding carboxylic acids is 2. The zero-order valence-corrected chi connectivity index (χ0v) is 20.5. The van der Waals surface area contributed by atoms with E-state index in [0.717, 1.165) is 5.56 Å². The average molecular weight is 500 g/mol. The van der Waals surface area contributed by atoms with E-state index in [1.807, 2.05) is 25.1 Å². The number of carbonyl (C=O) groups is 3. The molecule has 0 saturated heterocycles. The lowest BCUT2D eigenvalue weighted by molar-refractivity contribution is -0.118. The summed E-state index contributed by atoms with van der Waals surface area (Å²) in [5.41, 5.74) is 3.87. The lowest BCUT2D eigenvalue weighted by Gasteiger charge is -2.13. The van der Waals surface area contributed by atoms with Gasteiger partial charge in [-0.25, -0.2) is 4.79 Å². The molecule has 1 aliphatic rings. The second kappa shape index (κ2) is 10.8. The molecule has 0 radical (unpaired) electrons. The predicted molar refractivity (Wildman–Crippen MR) is 140 cm³/mol. The van der Waals surface area contributed by atoms with Crippen molar-refractivity contribution in [3.8, 4) is 11.5 Å². The van der Waals surface area contributed by atoms with E-state index in [1.54, 1.807) is 37.3 Å². The van der Waals surface area contributed by atoms with Crippen molar-refractivity contribution in [1.82, 2.24) is 0 Å². The highest BCUT2D eigenvalue weighted by molar-refractivity contribution is 6.32. The third kappa shape index (κ3) is 5.84.